The summed E-state index contributed by atoms with van der Waals surface area (Å²) in [6.07, 6.45) is 0.695. The maximum absolute atomic E-state index is 13.2. The molecule has 2 N–H and O–H groups in total. The summed E-state index contributed by atoms with van der Waals surface area (Å²) in [5.41, 5.74) is -1.37. The van der Waals surface area contributed by atoms with Gasteiger partial charge in [0.1, 0.15) is 0 Å². The van der Waals surface area contributed by atoms with Crippen LogP contribution in [0.1, 0.15) is 27.7 Å². The third-order valence-corrected chi connectivity index (χ3v) is 6.04. The van der Waals surface area contributed by atoms with Crippen molar-refractivity contribution in [3.8, 4) is 0 Å². The average molecular weight is 323 g/mol. The van der Waals surface area contributed by atoms with E-state index in [0.717, 1.165) is 0 Å². The molecule has 7 nitrogen and oxygen atoms in total. The standard InChI is InChI=1S/C12H27BNO6P/c1-5-18-12(4,19-6-2)21(17,20-7-3)9-11(8-15)14-13-10-16/h10-11,13-15H,5-9H2,1-4H3/t11-,21?/m1/s1. The van der Waals surface area contributed by atoms with E-state index < -0.39 is 18.9 Å². The summed E-state index contributed by atoms with van der Waals surface area (Å²) in [6, 6.07) is -0.534. The third-order valence-electron chi connectivity index (χ3n) is 2.95. The number of carbonyl (C=O) groups is 1. The smallest absolute Gasteiger partial charge is 0.278 e. The van der Waals surface area contributed by atoms with Gasteiger partial charge in [0.25, 0.3) is 14.8 Å². The Kier molecular flexibility index (Phi) is 10.4. The second kappa shape index (κ2) is 10.5. The van der Waals surface area contributed by atoms with Gasteiger partial charge in [-0.25, -0.2) is 0 Å². The summed E-state index contributed by atoms with van der Waals surface area (Å²) in [6.45, 7) is 7.49. The monoisotopic (exact) mass is 323 g/mol. The molecule has 0 aromatic rings. The van der Waals surface area contributed by atoms with E-state index in [4.69, 9.17) is 14.0 Å². The van der Waals surface area contributed by atoms with E-state index in [0.29, 0.717) is 19.4 Å². The molecule has 0 bridgehead atoms. The molecule has 0 heterocycles. The highest BCUT2D eigenvalue weighted by atomic mass is 31.2. The molecule has 0 rings (SSSR count). The normalized spacial score (nSPS) is 16.2. The van der Waals surface area contributed by atoms with Gasteiger partial charge < -0.3 is 29.1 Å². The lowest BCUT2D eigenvalue weighted by atomic mass is 9.97. The van der Waals surface area contributed by atoms with Crippen molar-refractivity contribution in [2.24, 2.45) is 0 Å². The van der Waals surface area contributed by atoms with Crippen LogP contribution in [0.25, 0.3) is 0 Å². The van der Waals surface area contributed by atoms with Gasteiger partial charge in [-0.3, -0.25) is 4.57 Å². The molecule has 21 heavy (non-hydrogen) atoms. The Bertz CT molecular complexity index is 338. The van der Waals surface area contributed by atoms with Crippen LogP contribution >= 0.6 is 7.37 Å². The maximum atomic E-state index is 13.2. The van der Waals surface area contributed by atoms with Gasteiger partial charge in [0.2, 0.25) is 5.53 Å². The Morgan fingerprint density at radius 1 is 1.29 bits per heavy atom. The summed E-state index contributed by atoms with van der Waals surface area (Å²) >= 11 is 0. The van der Waals surface area contributed by atoms with Crippen LogP contribution in [0.4, 0.5) is 0 Å². The number of hydrogen-bond donors (Lipinski definition) is 2. The molecule has 0 fully saturated rings. The second-order valence-corrected chi connectivity index (χ2v) is 7.27. The van der Waals surface area contributed by atoms with E-state index in [1.165, 1.54) is 0 Å². The molecule has 1 unspecified atom stereocenters. The van der Waals surface area contributed by atoms with E-state index in [9.17, 15) is 14.5 Å². The Labute approximate surface area is 127 Å². The maximum Gasteiger partial charge on any atom is 0.278 e. The van der Waals surface area contributed by atoms with Crippen molar-refractivity contribution in [2.75, 3.05) is 32.6 Å². The largest absolute Gasteiger partial charge is 0.395 e. The van der Waals surface area contributed by atoms with Gasteiger partial charge in [-0.15, -0.1) is 0 Å². The van der Waals surface area contributed by atoms with Crippen LogP contribution in [0.15, 0.2) is 0 Å². The lowest BCUT2D eigenvalue weighted by molar-refractivity contribution is -0.168. The second-order valence-electron chi connectivity index (χ2n) is 4.49. The van der Waals surface area contributed by atoms with Crippen molar-refractivity contribution in [1.82, 2.24) is 5.23 Å². The minimum absolute atomic E-state index is 0.0156. The summed E-state index contributed by atoms with van der Waals surface area (Å²) in [4.78, 5) is 10.4. The molecule has 0 saturated carbocycles. The van der Waals surface area contributed by atoms with Crippen molar-refractivity contribution >= 4 is 21.0 Å². The van der Waals surface area contributed by atoms with Crippen molar-refractivity contribution in [3.63, 3.8) is 0 Å². The fraction of sp³-hybridized carbons (Fsp3) is 0.917. The van der Waals surface area contributed by atoms with Gasteiger partial charge in [-0.1, -0.05) is 0 Å². The van der Waals surface area contributed by atoms with Crippen molar-refractivity contribution in [1.29, 1.82) is 0 Å². The average Bonchev–Trinajstić information content (AvgIpc) is 2.44. The van der Waals surface area contributed by atoms with Crippen LogP contribution in [0.2, 0.25) is 0 Å². The van der Waals surface area contributed by atoms with E-state index in [-0.39, 0.29) is 26.8 Å². The molecule has 0 radical (unpaired) electrons. The SMILES string of the molecule is CCOC(C)(OCC)P(=O)(C[C@@H](CO)NBC=O)OCC. The van der Waals surface area contributed by atoms with E-state index in [1.54, 1.807) is 27.7 Å². The van der Waals surface area contributed by atoms with Crippen molar-refractivity contribution in [3.05, 3.63) is 0 Å². The van der Waals surface area contributed by atoms with Crippen molar-refractivity contribution in [2.45, 2.75) is 39.3 Å². The molecule has 124 valence electrons. The van der Waals surface area contributed by atoms with Gasteiger partial charge in [-0.2, -0.15) is 0 Å². The fourth-order valence-corrected chi connectivity index (χ4v) is 4.58. The molecular weight excluding hydrogens is 296 g/mol. The first kappa shape index (κ1) is 20.8. The molecule has 0 aliphatic heterocycles. The number of aliphatic hydroxyl groups is 1. The van der Waals surface area contributed by atoms with E-state index in [1.807, 2.05) is 0 Å². The van der Waals surface area contributed by atoms with E-state index >= 15 is 0 Å². The molecule has 0 spiro atoms. The molecular formula is C12H27BNO6P. The fourth-order valence-electron chi connectivity index (χ4n) is 2.01. The van der Waals surface area contributed by atoms with Gasteiger partial charge in [-0.05, 0) is 27.7 Å². The number of aliphatic hydroxyl groups excluding tert-OH is 1. The predicted octanol–water partition coefficient (Wildman–Crippen LogP) is 0.540. The summed E-state index contributed by atoms with van der Waals surface area (Å²) < 4.78 is 29.8. The number of ether oxygens (including phenoxy) is 2. The Balaban J connectivity index is 5.25. The molecule has 9 heteroatoms. The topological polar surface area (TPSA) is 94.1 Å². The van der Waals surface area contributed by atoms with Gasteiger partial charge in [0.05, 0.1) is 19.4 Å². The molecule has 0 aromatic heterocycles. The zero-order valence-electron chi connectivity index (χ0n) is 13.3. The lowest BCUT2D eigenvalue weighted by Crippen LogP contribution is -2.43. The first-order valence-corrected chi connectivity index (χ1v) is 9.03. The zero-order valence-corrected chi connectivity index (χ0v) is 14.2. The van der Waals surface area contributed by atoms with Gasteiger partial charge in [0, 0.05) is 25.4 Å². The lowest BCUT2D eigenvalue weighted by Gasteiger charge is -2.37. The van der Waals surface area contributed by atoms with Crippen LogP contribution in [0.5, 0.6) is 0 Å². The number of nitrogens with one attached hydrogen (secondary N) is 1. The minimum Gasteiger partial charge on any atom is -0.395 e. The summed E-state index contributed by atoms with van der Waals surface area (Å²) in [7, 11) is -3.30. The number of rotatable bonds is 13. The molecule has 0 aromatic carbocycles. The summed E-state index contributed by atoms with van der Waals surface area (Å²) in [5, 5.41) is 12.2. The molecule has 0 aliphatic rings. The molecule has 0 aliphatic carbocycles. The Hall–Kier alpha value is -0.235. The van der Waals surface area contributed by atoms with Gasteiger partial charge in [0.15, 0.2) is 0 Å². The van der Waals surface area contributed by atoms with Crippen LogP contribution < -0.4 is 5.23 Å². The predicted molar refractivity (Wildman–Crippen MR) is 83.7 cm³/mol. The highest BCUT2D eigenvalue weighted by Gasteiger charge is 2.48. The van der Waals surface area contributed by atoms with E-state index in [2.05, 4.69) is 5.23 Å². The highest BCUT2D eigenvalue weighted by Crippen LogP contribution is 2.60. The summed E-state index contributed by atoms with van der Waals surface area (Å²) in [5.74, 6) is 0. The first-order valence-electron chi connectivity index (χ1n) is 7.22. The van der Waals surface area contributed by atoms with Crippen molar-refractivity contribution < 1.29 is 28.5 Å². The number of carbonyl (C=O) groups excluding carboxylic acids is 1. The van der Waals surface area contributed by atoms with Crippen LogP contribution in [-0.2, 0) is 23.4 Å². The Morgan fingerprint density at radius 2 is 1.86 bits per heavy atom. The highest BCUT2D eigenvalue weighted by molar-refractivity contribution is 7.60. The number of hydrogen-bond acceptors (Lipinski definition) is 7. The quantitative estimate of drug-likeness (QED) is 0.221. The molecule has 0 amide bonds. The minimum atomic E-state index is -3.37. The first-order chi connectivity index (χ1) is 9.92. The van der Waals surface area contributed by atoms with Crippen LogP contribution in [0.3, 0.4) is 0 Å². The Morgan fingerprint density at radius 3 is 2.24 bits per heavy atom. The zero-order chi connectivity index (χ0) is 16.4. The molecule has 0 saturated heterocycles. The third kappa shape index (κ3) is 6.18. The van der Waals surface area contributed by atoms with Crippen LogP contribution in [0, 0.1) is 0 Å². The van der Waals surface area contributed by atoms with Gasteiger partial charge >= 0.3 is 0 Å². The molecule has 2 atom stereocenters. The van der Waals surface area contributed by atoms with Crippen LogP contribution in [-0.4, -0.2) is 62.9 Å².